The topological polar surface area (TPSA) is 112 Å². The van der Waals surface area contributed by atoms with Crippen LogP contribution in [0.25, 0.3) is 0 Å². The first-order valence-corrected chi connectivity index (χ1v) is 7.92. The van der Waals surface area contributed by atoms with E-state index in [0.717, 1.165) is 6.42 Å². The van der Waals surface area contributed by atoms with Crippen LogP contribution in [0, 0.1) is 0 Å². The predicted octanol–water partition coefficient (Wildman–Crippen LogP) is -1.07. The van der Waals surface area contributed by atoms with Crippen molar-refractivity contribution in [3.8, 4) is 0 Å². The van der Waals surface area contributed by atoms with Crippen molar-refractivity contribution in [2.24, 2.45) is 0 Å². The second-order valence-corrected chi connectivity index (χ2v) is 6.57. The monoisotopic (exact) mass is 300 g/mol. The third-order valence-corrected chi connectivity index (χ3v) is 4.97. The fourth-order valence-corrected chi connectivity index (χ4v) is 3.55. The van der Waals surface area contributed by atoms with Crippen molar-refractivity contribution in [1.82, 2.24) is 19.8 Å². The van der Waals surface area contributed by atoms with Crippen LogP contribution in [0.3, 0.4) is 0 Å². The summed E-state index contributed by atoms with van der Waals surface area (Å²) in [6.45, 7) is 0.950. The third kappa shape index (κ3) is 3.64. The van der Waals surface area contributed by atoms with Crippen LogP contribution in [0.15, 0.2) is 16.9 Å². The summed E-state index contributed by atoms with van der Waals surface area (Å²) in [4.78, 5) is 22.5. The van der Waals surface area contributed by atoms with Gasteiger partial charge in [-0.1, -0.05) is 0 Å². The first-order valence-electron chi connectivity index (χ1n) is 6.31. The van der Waals surface area contributed by atoms with Gasteiger partial charge < -0.3 is 5.32 Å². The van der Waals surface area contributed by atoms with Gasteiger partial charge in [-0.2, -0.15) is 5.10 Å². The number of rotatable bonds is 4. The molecule has 1 aromatic rings. The number of amides is 1. The summed E-state index contributed by atoms with van der Waals surface area (Å²) in [6, 6.07) is 2.52. The van der Waals surface area contributed by atoms with E-state index in [1.165, 1.54) is 16.4 Å². The summed E-state index contributed by atoms with van der Waals surface area (Å²) >= 11 is 0. The largest absolute Gasteiger partial charge is 0.349 e. The zero-order valence-corrected chi connectivity index (χ0v) is 11.6. The molecule has 110 valence electrons. The first kappa shape index (κ1) is 14.7. The van der Waals surface area contributed by atoms with E-state index in [0.29, 0.717) is 13.0 Å². The highest BCUT2D eigenvalue weighted by Crippen LogP contribution is 2.12. The van der Waals surface area contributed by atoms with Crippen molar-refractivity contribution in [1.29, 1.82) is 0 Å². The summed E-state index contributed by atoms with van der Waals surface area (Å²) in [7, 11) is -3.17. The number of nitrogens with one attached hydrogen (secondary N) is 2. The molecule has 2 rings (SSSR count). The molecule has 1 aliphatic rings. The second-order valence-electron chi connectivity index (χ2n) is 4.48. The zero-order valence-electron chi connectivity index (χ0n) is 10.8. The number of hydrogen-bond acceptors (Lipinski definition) is 5. The zero-order chi connectivity index (χ0) is 14.6. The maximum absolute atomic E-state index is 11.7. The maximum Gasteiger partial charge on any atom is 0.271 e. The van der Waals surface area contributed by atoms with Crippen LogP contribution in [0.5, 0.6) is 0 Å². The number of carbonyl (C=O) groups excluding carboxylic acids is 1. The molecule has 9 heteroatoms. The predicted molar refractivity (Wildman–Crippen MR) is 71.8 cm³/mol. The molecule has 0 aromatic carbocycles. The van der Waals surface area contributed by atoms with Crippen LogP contribution >= 0.6 is 0 Å². The van der Waals surface area contributed by atoms with E-state index in [2.05, 4.69) is 15.5 Å². The second kappa shape index (κ2) is 6.14. The van der Waals surface area contributed by atoms with Gasteiger partial charge in [-0.15, -0.1) is 0 Å². The molecule has 20 heavy (non-hydrogen) atoms. The number of hydrogen-bond donors (Lipinski definition) is 2. The van der Waals surface area contributed by atoms with Crippen molar-refractivity contribution in [3.63, 3.8) is 0 Å². The number of sulfonamides is 1. The summed E-state index contributed by atoms with van der Waals surface area (Å²) in [5, 5.41) is 8.33. The fourth-order valence-electron chi connectivity index (χ4n) is 1.95. The number of nitrogens with zero attached hydrogens (tertiary/aromatic N) is 2. The van der Waals surface area contributed by atoms with E-state index >= 15 is 0 Å². The van der Waals surface area contributed by atoms with Gasteiger partial charge >= 0.3 is 0 Å². The number of carbonyl (C=O) groups is 1. The number of H-pyrrole nitrogens is 1. The lowest BCUT2D eigenvalue weighted by Gasteiger charge is -2.26. The molecular formula is C11H16N4O4S. The minimum absolute atomic E-state index is 0.0890. The molecular weight excluding hydrogens is 284 g/mol. The molecule has 1 amide bonds. The molecule has 0 unspecified atom stereocenters. The van der Waals surface area contributed by atoms with E-state index in [4.69, 9.17) is 0 Å². The Morgan fingerprint density at radius 2 is 2.20 bits per heavy atom. The Kier molecular flexibility index (Phi) is 4.50. The van der Waals surface area contributed by atoms with Crippen molar-refractivity contribution in [3.05, 3.63) is 28.2 Å². The Labute approximate surface area is 116 Å². The van der Waals surface area contributed by atoms with Crippen LogP contribution < -0.4 is 10.9 Å². The lowest BCUT2D eigenvalue weighted by Crippen LogP contribution is -2.42. The van der Waals surface area contributed by atoms with Gasteiger partial charge in [-0.25, -0.2) is 17.8 Å². The average molecular weight is 300 g/mol. The van der Waals surface area contributed by atoms with E-state index in [-0.39, 0.29) is 30.1 Å². The standard InChI is InChI=1S/C11H16N4O4S/c16-10-4-3-9(13-14-10)11(17)12-5-7-15-6-1-2-8-20(15,18)19/h3-4H,1-2,5-8H2,(H,12,17)(H,14,16). The van der Waals surface area contributed by atoms with Crippen molar-refractivity contribution in [2.45, 2.75) is 12.8 Å². The van der Waals surface area contributed by atoms with Crippen LogP contribution in [0.1, 0.15) is 23.3 Å². The normalized spacial score (nSPS) is 18.6. The molecule has 8 nitrogen and oxygen atoms in total. The van der Waals surface area contributed by atoms with Gasteiger partial charge in [-0.3, -0.25) is 9.59 Å². The Hall–Kier alpha value is -1.74. The highest BCUT2D eigenvalue weighted by molar-refractivity contribution is 7.89. The quantitative estimate of drug-likeness (QED) is 0.735. The Balaban J connectivity index is 1.85. The summed E-state index contributed by atoms with van der Waals surface area (Å²) in [5.74, 6) is -0.279. The smallest absolute Gasteiger partial charge is 0.271 e. The Morgan fingerprint density at radius 3 is 2.85 bits per heavy atom. The average Bonchev–Trinajstić information content (AvgIpc) is 2.41. The lowest BCUT2D eigenvalue weighted by molar-refractivity contribution is 0.0945. The molecule has 2 heterocycles. The van der Waals surface area contributed by atoms with Crippen molar-refractivity contribution < 1.29 is 13.2 Å². The number of aromatic nitrogens is 2. The van der Waals surface area contributed by atoms with Gasteiger partial charge in [0.2, 0.25) is 10.0 Å². The van der Waals surface area contributed by atoms with Crippen LogP contribution in [0.2, 0.25) is 0 Å². The van der Waals surface area contributed by atoms with E-state index in [9.17, 15) is 18.0 Å². The minimum Gasteiger partial charge on any atom is -0.349 e. The Bertz CT molecular complexity index is 620. The maximum atomic E-state index is 11.7. The lowest BCUT2D eigenvalue weighted by atomic mass is 10.3. The SMILES string of the molecule is O=C(NCCN1CCCCS1(=O)=O)c1ccc(=O)[nH]n1. The first-order chi connectivity index (χ1) is 9.49. The molecule has 0 spiro atoms. The molecule has 1 aromatic heterocycles. The highest BCUT2D eigenvalue weighted by atomic mass is 32.2. The number of aromatic amines is 1. The summed E-state index contributed by atoms with van der Waals surface area (Å²) < 4.78 is 24.8. The van der Waals surface area contributed by atoms with Crippen LogP contribution in [-0.4, -0.2) is 54.2 Å². The van der Waals surface area contributed by atoms with Gasteiger partial charge in [0.1, 0.15) is 5.69 Å². The molecule has 0 bridgehead atoms. The van der Waals surface area contributed by atoms with Gasteiger partial charge in [0, 0.05) is 25.7 Å². The molecule has 0 radical (unpaired) electrons. The molecule has 0 saturated carbocycles. The Morgan fingerprint density at radius 1 is 1.40 bits per heavy atom. The van der Waals surface area contributed by atoms with E-state index in [1.807, 2.05) is 0 Å². The van der Waals surface area contributed by atoms with Crippen LogP contribution in [-0.2, 0) is 10.0 Å². The molecule has 0 aliphatic carbocycles. The van der Waals surface area contributed by atoms with Crippen molar-refractivity contribution >= 4 is 15.9 Å². The molecule has 1 fully saturated rings. The third-order valence-electron chi connectivity index (χ3n) is 3.01. The van der Waals surface area contributed by atoms with E-state index in [1.54, 1.807) is 0 Å². The van der Waals surface area contributed by atoms with Crippen LogP contribution in [0.4, 0.5) is 0 Å². The summed E-state index contributed by atoms with van der Waals surface area (Å²) in [6.07, 6.45) is 1.53. The van der Waals surface area contributed by atoms with Gasteiger partial charge in [0.05, 0.1) is 5.75 Å². The summed E-state index contributed by atoms with van der Waals surface area (Å²) in [5.41, 5.74) is -0.299. The molecule has 1 aliphatic heterocycles. The van der Waals surface area contributed by atoms with Crippen molar-refractivity contribution in [2.75, 3.05) is 25.4 Å². The van der Waals surface area contributed by atoms with Gasteiger partial charge in [0.15, 0.2) is 0 Å². The minimum atomic E-state index is -3.17. The fraction of sp³-hybridized carbons (Fsp3) is 0.545. The van der Waals surface area contributed by atoms with E-state index < -0.39 is 15.9 Å². The molecule has 2 N–H and O–H groups in total. The molecule has 0 atom stereocenters. The molecule has 1 saturated heterocycles. The van der Waals surface area contributed by atoms with Gasteiger partial charge in [0.25, 0.3) is 11.5 Å². The highest BCUT2D eigenvalue weighted by Gasteiger charge is 2.25. The van der Waals surface area contributed by atoms with Gasteiger partial charge in [-0.05, 0) is 18.9 Å².